The number of rotatable bonds is 4. The maximum absolute atomic E-state index is 2.99. The first-order valence-corrected chi connectivity index (χ1v) is 26.2. The van der Waals surface area contributed by atoms with E-state index >= 15 is 0 Å². The molecule has 0 atom stereocenters. The Bertz CT molecular complexity index is 1080. The van der Waals surface area contributed by atoms with Crippen LogP contribution in [0.3, 0.4) is 0 Å². The van der Waals surface area contributed by atoms with E-state index < -0.39 is 12.8 Å². The molecule has 196 valence electrons. The summed E-state index contributed by atoms with van der Waals surface area (Å²) in [4.78, 5) is 5.51. The van der Waals surface area contributed by atoms with E-state index in [2.05, 4.69) is 181 Å². The summed E-state index contributed by atoms with van der Waals surface area (Å²) >= 11 is 5.98. The number of halogens is 2. The van der Waals surface area contributed by atoms with E-state index in [0.717, 1.165) is 13.1 Å². The molecule has 6 heteroatoms. The average molecular weight is 806 g/mol. The quantitative estimate of drug-likeness (QED) is 0.163. The molecular formula is C29H38I2N2PPd-3. The summed E-state index contributed by atoms with van der Waals surface area (Å²) in [5.74, 6) is 0. The second-order valence-electron chi connectivity index (χ2n) is 11.0. The molecule has 0 aromatic heterocycles. The van der Waals surface area contributed by atoms with Crippen LogP contribution in [0, 0.1) is 0 Å². The van der Waals surface area contributed by atoms with E-state index in [-0.39, 0.29) is 11.1 Å². The molecule has 2 nitrogen and oxygen atoms in total. The molecule has 0 unspecified atom stereocenters. The van der Waals surface area contributed by atoms with Crippen molar-refractivity contribution in [3.8, 4) is 0 Å². The summed E-state index contributed by atoms with van der Waals surface area (Å²) in [7, 11) is -2.44. The molecule has 4 rings (SSSR count). The fraction of sp³-hybridized carbons (Fsp3) is 0.345. The van der Waals surface area contributed by atoms with Crippen LogP contribution in [0.2, 0.25) is 0 Å². The van der Waals surface area contributed by atoms with E-state index in [9.17, 15) is 0 Å². The van der Waals surface area contributed by atoms with Gasteiger partial charge in [0.1, 0.15) is 0 Å². The van der Waals surface area contributed by atoms with Crippen molar-refractivity contribution in [3.05, 3.63) is 91.0 Å². The van der Waals surface area contributed by atoms with E-state index in [1.54, 1.807) is 4.23 Å². The molecule has 3 aromatic rings. The summed E-state index contributed by atoms with van der Waals surface area (Å²) in [5, 5.41) is 4.54. The van der Waals surface area contributed by atoms with Gasteiger partial charge >= 0.3 is 238 Å². The van der Waals surface area contributed by atoms with Crippen molar-refractivity contribution >= 4 is 64.6 Å². The van der Waals surface area contributed by atoms with Gasteiger partial charge in [0.15, 0.2) is 0 Å². The topological polar surface area (TPSA) is 6.48 Å². The van der Waals surface area contributed by atoms with Crippen LogP contribution in [-0.2, 0) is 7.36 Å². The Hall–Kier alpha value is 0.00234. The monoisotopic (exact) mass is 805 g/mol. The first kappa shape index (κ1) is 28.0. The molecule has 0 N–H and O–H groups in total. The van der Waals surface area contributed by atoms with E-state index in [1.807, 2.05) is 0 Å². The van der Waals surface area contributed by atoms with Crippen molar-refractivity contribution in [1.82, 2.24) is 9.80 Å². The van der Waals surface area contributed by atoms with Gasteiger partial charge in [-0.15, -0.1) is 0 Å². The van der Waals surface area contributed by atoms with Crippen LogP contribution in [0.4, 0.5) is 0 Å². The number of hydrogen-bond donors (Lipinski definition) is 0. The Labute approximate surface area is 236 Å². The predicted molar refractivity (Wildman–Crippen MR) is 173 cm³/mol. The summed E-state index contributed by atoms with van der Waals surface area (Å²) in [6.45, 7) is 16.5. The van der Waals surface area contributed by atoms with Crippen molar-refractivity contribution in [1.29, 1.82) is 0 Å². The zero-order chi connectivity index (χ0) is 25.5. The fourth-order valence-corrected chi connectivity index (χ4v) is 46.4. The third-order valence-electron chi connectivity index (χ3n) is 6.52. The minimum atomic E-state index is -2.45. The van der Waals surface area contributed by atoms with Gasteiger partial charge in [0.05, 0.1) is 0 Å². The molecule has 0 bridgehead atoms. The average Bonchev–Trinajstić information content (AvgIpc) is 3.29. The van der Waals surface area contributed by atoms with Gasteiger partial charge in [-0.2, -0.15) is 0 Å². The molecule has 0 amide bonds. The van der Waals surface area contributed by atoms with E-state index in [4.69, 9.17) is 0 Å². The third kappa shape index (κ3) is 5.18. The zero-order valence-electron chi connectivity index (χ0n) is 21.5. The van der Waals surface area contributed by atoms with Gasteiger partial charge in [-0.3, -0.25) is 0 Å². The maximum atomic E-state index is 2.99. The first-order valence-electron chi connectivity index (χ1n) is 12.1. The Balaban J connectivity index is 2.24. The second-order valence-corrected chi connectivity index (χ2v) is 50.1. The summed E-state index contributed by atoms with van der Waals surface area (Å²) in [5.41, 5.74) is -2.32. The SMILES string of the molecule is CC(C)(C)N1CCN(C(C)(C)C)[C]1=[Pd-3]([I])([I])[PH](c1ccccc1)(c1ccccc1)c1ccccc1. The molecule has 1 aliphatic heterocycles. The molecule has 35 heavy (non-hydrogen) atoms. The van der Waals surface area contributed by atoms with Crippen molar-refractivity contribution in [2.24, 2.45) is 0 Å². The predicted octanol–water partition coefficient (Wildman–Crippen LogP) is 6.78. The zero-order valence-corrected chi connectivity index (χ0v) is 28.4. The minimum absolute atomic E-state index is 0.0664. The van der Waals surface area contributed by atoms with Crippen molar-refractivity contribution in [2.75, 3.05) is 13.1 Å². The molecule has 1 fully saturated rings. The van der Waals surface area contributed by atoms with Crippen molar-refractivity contribution in [2.45, 2.75) is 52.6 Å². The van der Waals surface area contributed by atoms with Crippen LogP contribution in [0.1, 0.15) is 41.5 Å². The Kier molecular flexibility index (Phi) is 8.52. The summed E-state index contributed by atoms with van der Waals surface area (Å²) in [6, 6.07) is 34.4. The van der Waals surface area contributed by atoms with Crippen LogP contribution in [0.25, 0.3) is 0 Å². The van der Waals surface area contributed by atoms with Gasteiger partial charge < -0.3 is 0 Å². The van der Waals surface area contributed by atoms with Gasteiger partial charge in [-0.1, -0.05) is 0 Å². The molecule has 1 saturated heterocycles. The number of hydrogen-bond acceptors (Lipinski definition) is 2. The fourth-order valence-electron chi connectivity index (χ4n) is 4.84. The van der Waals surface area contributed by atoms with Gasteiger partial charge in [0.2, 0.25) is 0 Å². The molecular weight excluding hydrogens is 768 g/mol. The Morgan fingerprint density at radius 3 is 1.11 bits per heavy atom. The van der Waals surface area contributed by atoms with Crippen molar-refractivity contribution < 1.29 is 7.36 Å². The van der Waals surface area contributed by atoms with Crippen LogP contribution < -0.4 is 15.9 Å². The molecule has 1 aliphatic rings. The van der Waals surface area contributed by atoms with E-state index in [0.29, 0.717) is 0 Å². The Morgan fingerprint density at radius 2 is 0.857 bits per heavy atom. The molecule has 0 saturated carbocycles. The summed E-state index contributed by atoms with van der Waals surface area (Å²) < 4.78 is 1.61. The van der Waals surface area contributed by atoms with Crippen LogP contribution >= 0.6 is 44.5 Å². The summed E-state index contributed by atoms with van der Waals surface area (Å²) in [6.07, 6.45) is 0. The van der Waals surface area contributed by atoms with E-state index in [1.165, 1.54) is 15.9 Å². The van der Waals surface area contributed by atoms with Crippen LogP contribution in [0.5, 0.6) is 0 Å². The molecule has 0 radical (unpaired) electrons. The first-order chi connectivity index (χ1) is 16.4. The van der Waals surface area contributed by atoms with Gasteiger partial charge in [0.25, 0.3) is 0 Å². The van der Waals surface area contributed by atoms with Gasteiger partial charge in [-0.25, -0.2) is 0 Å². The standard InChI is InChI=1S/C18H15P.C11H22N2.2HI.Pd/c1-4-10-16(11-5-1)19(17-12-6-2-7-13-17)18-14-8-3-9-15-18;1-10(2,3)12-7-8-13(9-12)11(4,5)6;;;/h1-15H;7-8H2,1-6H3;2*1H;/q;;;;-2/p-1. The molecule has 0 spiro atoms. The van der Waals surface area contributed by atoms with Gasteiger partial charge in [-0.05, 0) is 0 Å². The molecule has 3 aromatic carbocycles. The number of nitrogens with zero attached hydrogens (tertiary/aromatic N) is 2. The second kappa shape index (κ2) is 10.6. The third-order valence-corrected chi connectivity index (χ3v) is 43.1. The Morgan fingerprint density at radius 1 is 0.571 bits per heavy atom. The molecule has 1 heterocycles. The van der Waals surface area contributed by atoms with Crippen LogP contribution in [-0.4, -0.2) is 38.2 Å². The van der Waals surface area contributed by atoms with Gasteiger partial charge in [0, 0.05) is 0 Å². The normalized spacial score (nSPS) is 17.5. The number of benzene rings is 3. The van der Waals surface area contributed by atoms with Crippen molar-refractivity contribution in [3.63, 3.8) is 0 Å². The molecule has 0 aliphatic carbocycles. The van der Waals surface area contributed by atoms with Crippen LogP contribution in [0.15, 0.2) is 91.0 Å².